The zero-order chi connectivity index (χ0) is 83.0. The van der Waals surface area contributed by atoms with Crippen LogP contribution >= 0.6 is 0 Å². The van der Waals surface area contributed by atoms with Gasteiger partial charge in [-0.2, -0.15) is 79.0 Å². The number of alkyl halides is 18. The number of quaternary nitrogens is 2. The third-order valence-corrected chi connectivity index (χ3v) is 21.1. The molecule has 6 N–H and O–H groups in total. The summed E-state index contributed by atoms with van der Waals surface area (Å²) in [5.74, 6) is -0.00565. The van der Waals surface area contributed by atoms with Crippen LogP contribution in [-0.4, -0.2) is 71.8 Å². The number of halogens is 18. The Hall–Kier alpha value is -7.91. The molecule has 4 heterocycles. The summed E-state index contributed by atoms with van der Waals surface area (Å²) in [6.07, 6.45) is -27.1. The SMILES string of the molecule is C.C.C.C.C.CC.CC.CCC[C@@]1([N+](=O)[O-])CC[C@@](CO[C@H](C)c2cc(C(F)(F)F)cc(C(F)(F)F)c2)(c2ccccc2)[NH2+]C1.CCC[C@@]1([N+](=O)[O-])CC[C@@](CO[C@H](C)c2cc(C(F)(F)F)cc(C(F)(F)F)c2)(c2ccccc2)[NH2+]C1.C[C@@H](OC[C@@]1(c2ccccc2)CC[C@]2(CCC(=O)N2)CN1)c1cc(C(F)(F)F)cc(C(F)(F)F)c1. The molecule has 4 fully saturated rings. The highest BCUT2D eigenvalue weighted by Gasteiger charge is 2.56. The van der Waals surface area contributed by atoms with Gasteiger partial charge in [0.25, 0.3) is 11.1 Å². The molecule has 116 heavy (non-hydrogen) atoms. The lowest BCUT2D eigenvalue weighted by molar-refractivity contribution is -0.788. The Morgan fingerprint density at radius 2 is 0.698 bits per heavy atom. The molecule has 4 saturated heterocycles. The highest BCUT2D eigenvalue weighted by atomic mass is 19.4. The van der Waals surface area contributed by atoms with Gasteiger partial charge in [-0.05, 0) is 130 Å². The van der Waals surface area contributed by atoms with Gasteiger partial charge >= 0.3 is 37.1 Å². The molecule has 6 aromatic carbocycles. The third-order valence-electron chi connectivity index (χ3n) is 21.1. The van der Waals surface area contributed by atoms with Crippen molar-refractivity contribution < 1.29 is 119 Å². The maximum Gasteiger partial charge on any atom is 0.416 e. The molecule has 14 nitrogen and oxygen atoms in total. The third kappa shape index (κ3) is 26.8. The molecule has 0 saturated carbocycles. The van der Waals surface area contributed by atoms with Crippen LogP contribution in [0.2, 0.25) is 0 Å². The fourth-order valence-electron chi connectivity index (χ4n) is 14.5. The maximum absolute atomic E-state index is 13.3. The van der Waals surface area contributed by atoms with Crippen molar-refractivity contribution in [3.8, 4) is 0 Å². The lowest BCUT2D eigenvalue weighted by Crippen LogP contribution is -3.01. The quantitative estimate of drug-likeness (QED) is 0.0309. The van der Waals surface area contributed by atoms with Gasteiger partial charge in [0.15, 0.2) is 0 Å². The van der Waals surface area contributed by atoms with Crippen LogP contribution in [0.15, 0.2) is 146 Å². The molecule has 4 aliphatic rings. The zero-order valence-electron chi connectivity index (χ0n) is 62.9. The van der Waals surface area contributed by atoms with Crippen molar-refractivity contribution in [2.24, 2.45) is 0 Å². The van der Waals surface area contributed by atoms with E-state index >= 15 is 0 Å². The van der Waals surface area contributed by atoms with Crippen LogP contribution in [0.3, 0.4) is 0 Å². The second-order valence-corrected chi connectivity index (χ2v) is 28.3. The average Bonchev–Trinajstić information content (AvgIpc) is 0.835. The fraction of sp³-hybridized carbons (Fsp3) is 0.560. The summed E-state index contributed by atoms with van der Waals surface area (Å²) in [4.78, 5) is 35.0. The molecule has 0 aliphatic carbocycles. The van der Waals surface area contributed by atoms with E-state index in [9.17, 15) is 104 Å². The van der Waals surface area contributed by atoms with Gasteiger partial charge in [0, 0.05) is 72.5 Å². The van der Waals surface area contributed by atoms with Crippen LogP contribution in [0.1, 0.15) is 262 Å². The number of nitrogens with one attached hydrogen (secondary N) is 2. The van der Waals surface area contributed by atoms with E-state index in [-0.39, 0.29) is 139 Å². The summed E-state index contributed by atoms with van der Waals surface area (Å²) in [5.41, 5.74) is -11.3. The molecule has 0 aromatic heterocycles. The van der Waals surface area contributed by atoms with E-state index in [0.29, 0.717) is 107 Å². The highest BCUT2D eigenvalue weighted by Crippen LogP contribution is 2.45. The number of hydrogen-bond acceptors (Lipinski definition) is 9. The number of amides is 1. The smallest absolute Gasteiger partial charge is 0.372 e. The maximum atomic E-state index is 13.3. The van der Waals surface area contributed by atoms with E-state index in [0.717, 1.165) is 16.7 Å². The van der Waals surface area contributed by atoms with Gasteiger partial charge in [0.05, 0.1) is 69.4 Å². The Morgan fingerprint density at radius 1 is 0.414 bits per heavy atom. The summed E-state index contributed by atoms with van der Waals surface area (Å²) < 4.78 is 257. The monoisotopic (exact) mass is 1680 g/mol. The van der Waals surface area contributed by atoms with E-state index in [1.807, 2.05) is 119 Å². The second kappa shape index (κ2) is 43.2. The largest absolute Gasteiger partial charge is 0.416 e. The van der Waals surface area contributed by atoms with E-state index in [4.69, 9.17) is 14.2 Å². The van der Waals surface area contributed by atoms with Crippen molar-refractivity contribution in [2.45, 2.75) is 265 Å². The van der Waals surface area contributed by atoms with Crippen molar-refractivity contribution in [3.63, 3.8) is 0 Å². The molecule has 654 valence electrons. The standard InChI is InChI=1S/2C25H28F6N2O3.C25H26F6N2O2.2C2H6.5CH4/c2*1-3-9-22(33(34)35)10-11-23(32-15-22,19-7-5-4-6-8-19)16-36-17(2)18-12-20(24(26,27)28)14-21(13-18)25(29,30)31;1-16(17-11-19(24(26,27)28)13-20(12-17)25(29,30)31)35-15-23(18-5-3-2-4-6-18)10-9-22(14-32-23)8-7-21(34)33-22;2*1-2;;;;;/h2*4-8,12-14,17,32H,3,9-11,15-16H2,1-2H3;2-6,11-13,16,32H,7-10,14-15H2,1H3,(H,33,34);2*1-2H3;5*1H4/p+2/t2*17-,22-,23-;16-,22-,23-;;;;;;;/m111......./s1. The van der Waals surface area contributed by atoms with E-state index in [1.165, 1.54) is 20.8 Å². The predicted octanol–water partition coefficient (Wildman–Crippen LogP) is 22.7. The lowest BCUT2D eigenvalue weighted by Gasteiger charge is -2.46. The summed E-state index contributed by atoms with van der Waals surface area (Å²) in [6, 6.07) is 31.9. The number of ether oxygens (including phenoxy) is 3. The Balaban J connectivity index is 0.000000833. The van der Waals surface area contributed by atoms with Gasteiger partial charge < -0.3 is 35.5 Å². The summed E-state index contributed by atoms with van der Waals surface area (Å²) >= 11 is 0. The summed E-state index contributed by atoms with van der Waals surface area (Å²) in [5, 5.41) is 33.9. The average molecular weight is 1680 g/mol. The Kier molecular flexibility index (Phi) is 39.5. The Bertz CT molecular complexity index is 3700. The van der Waals surface area contributed by atoms with E-state index in [2.05, 4.69) is 10.6 Å². The Morgan fingerprint density at radius 3 is 0.922 bits per heavy atom. The second-order valence-electron chi connectivity index (χ2n) is 28.3. The van der Waals surface area contributed by atoms with Gasteiger partial charge in [-0.3, -0.25) is 25.0 Å². The molecule has 9 atom stereocenters. The number of piperidine rings is 3. The summed E-state index contributed by atoms with van der Waals surface area (Å²) in [7, 11) is 0. The van der Waals surface area contributed by atoms with Crippen molar-refractivity contribution >= 4 is 5.91 Å². The number of carbonyl (C=O) groups excluding carboxylic acids is 1. The number of benzene rings is 6. The first-order chi connectivity index (χ1) is 51.8. The van der Waals surface area contributed by atoms with Crippen molar-refractivity contribution in [1.29, 1.82) is 0 Å². The van der Waals surface area contributed by atoms with Crippen LogP contribution in [0, 0.1) is 20.2 Å². The normalized spacial score (nSPS) is 22.8. The molecule has 1 spiro atoms. The number of rotatable bonds is 21. The zero-order valence-corrected chi connectivity index (χ0v) is 62.9. The number of carbonyl (C=O) groups is 1. The van der Waals surface area contributed by atoms with Crippen molar-refractivity contribution in [1.82, 2.24) is 10.6 Å². The van der Waals surface area contributed by atoms with Gasteiger partial charge in [-0.15, -0.1) is 0 Å². The first kappa shape index (κ1) is 106. The van der Waals surface area contributed by atoms with Gasteiger partial charge in [0.1, 0.15) is 37.4 Å². The molecule has 1 amide bonds. The Labute approximate surface area is 669 Å². The minimum Gasteiger partial charge on any atom is -0.372 e. The minimum atomic E-state index is -4.96. The number of nitro groups is 2. The van der Waals surface area contributed by atoms with Crippen molar-refractivity contribution in [3.05, 3.63) is 233 Å². The molecule has 6 aromatic rings. The fourth-order valence-corrected chi connectivity index (χ4v) is 14.5. The lowest BCUT2D eigenvalue weighted by atomic mass is 9.75. The first-order valence-corrected chi connectivity index (χ1v) is 36.7. The van der Waals surface area contributed by atoms with Crippen LogP contribution < -0.4 is 21.3 Å². The summed E-state index contributed by atoms with van der Waals surface area (Å²) in [6.45, 7) is 16.8. The minimum absolute atomic E-state index is 0. The van der Waals surface area contributed by atoms with Crippen molar-refractivity contribution in [2.75, 3.05) is 39.5 Å². The highest BCUT2D eigenvalue weighted by molar-refractivity contribution is 5.79. The predicted molar refractivity (Wildman–Crippen MR) is 412 cm³/mol. The molecule has 32 heteroatoms. The number of nitrogens with two attached hydrogens (primary N) is 2. The van der Waals surface area contributed by atoms with Gasteiger partial charge in [0.2, 0.25) is 5.91 Å². The molecule has 0 radical (unpaired) electrons. The molecule has 4 aliphatic heterocycles. The van der Waals surface area contributed by atoms with Crippen LogP contribution in [0.4, 0.5) is 79.0 Å². The van der Waals surface area contributed by atoms with Gasteiger partial charge in [-0.1, -0.05) is 170 Å². The van der Waals surface area contributed by atoms with E-state index in [1.54, 1.807) is 24.3 Å². The molecular formula is C84H116F18N6O8+2. The number of hydrogen-bond donors (Lipinski definition) is 4. The molecule has 0 bridgehead atoms. The topological polar surface area (TPSA) is 188 Å². The van der Waals surface area contributed by atoms with Gasteiger partial charge in [-0.25, -0.2) is 0 Å². The van der Waals surface area contributed by atoms with E-state index < -0.39 is 116 Å². The number of nitrogens with zero attached hydrogens (tertiary/aromatic N) is 2. The van der Waals surface area contributed by atoms with Crippen LogP contribution in [-0.2, 0) is 72.7 Å². The first-order valence-electron chi connectivity index (χ1n) is 36.7. The van der Waals surface area contributed by atoms with Crippen LogP contribution in [0.25, 0.3) is 0 Å². The molecular weight excluding hydrogens is 1560 g/mol. The molecule has 10 rings (SSSR count). The van der Waals surface area contributed by atoms with Crippen LogP contribution in [0.5, 0.6) is 0 Å². The molecule has 0 unspecified atom stereocenters.